The van der Waals surface area contributed by atoms with Crippen LogP contribution in [0.2, 0.25) is 0 Å². The van der Waals surface area contributed by atoms with Crippen LogP contribution in [0.1, 0.15) is 31.2 Å². The van der Waals surface area contributed by atoms with Crippen molar-refractivity contribution in [3.8, 4) is 0 Å². The third kappa shape index (κ3) is 3.77. The molecule has 118 valence electrons. The molecule has 4 nitrogen and oxygen atoms in total. The Bertz CT molecular complexity index is 774. The van der Waals surface area contributed by atoms with Crippen molar-refractivity contribution in [2.75, 3.05) is 5.32 Å². The number of nitrogens with zero attached hydrogens (tertiary/aromatic N) is 1. The van der Waals surface area contributed by atoms with Crippen LogP contribution >= 0.6 is 0 Å². The molecular weight excluding hydrogens is 286 g/mol. The Morgan fingerprint density at radius 2 is 1.87 bits per heavy atom. The zero-order valence-corrected chi connectivity index (χ0v) is 13.3. The van der Waals surface area contributed by atoms with Crippen molar-refractivity contribution in [2.24, 2.45) is 0 Å². The Morgan fingerprint density at radius 1 is 1.09 bits per heavy atom. The Kier molecular flexibility index (Phi) is 4.71. The van der Waals surface area contributed by atoms with Crippen molar-refractivity contribution in [1.82, 2.24) is 9.97 Å². The molecule has 0 atom stereocenters. The number of nitrogens with one attached hydrogen (secondary N) is 2. The van der Waals surface area contributed by atoms with E-state index in [1.807, 2.05) is 49.4 Å². The monoisotopic (exact) mass is 307 g/mol. The summed E-state index contributed by atoms with van der Waals surface area (Å²) >= 11 is 0. The number of rotatable bonds is 6. The fraction of sp³-hybridized carbons (Fsp3) is 0.263. The minimum Gasteiger partial charge on any atom is -0.342 e. The van der Waals surface area contributed by atoms with E-state index < -0.39 is 0 Å². The van der Waals surface area contributed by atoms with E-state index in [2.05, 4.69) is 21.4 Å². The standard InChI is InChI=1S/C19H21N3O/c1-2-7-19(23)22-15-9-4-3-8-14(15)12-13-18-20-16-10-5-6-11-17(16)21-18/h3-6,8-11H,2,7,12-13H2,1H3,(H,20,21)(H,22,23). The van der Waals surface area contributed by atoms with Gasteiger partial charge >= 0.3 is 0 Å². The second-order valence-electron chi connectivity index (χ2n) is 5.66. The number of benzene rings is 2. The van der Waals surface area contributed by atoms with Crippen LogP contribution in [0.5, 0.6) is 0 Å². The van der Waals surface area contributed by atoms with Crippen LogP contribution in [0, 0.1) is 0 Å². The van der Waals surface area contributed by atoms with E-state index >= 15 is 0 Å². The van der Waals surface area contributed by atoms with Crippen LogP contribution in [-0.4, -0.2) is 15.9 Å². The van der Waals surface area contributed by atoms with Crippen molar-refractivity contribution in [3.05, 3.63) is 59.9 Å². The van der Waals surface area contributed by atoms with Crippen LogP contribution in [0.3, 0.4) is 0 Å². The first kappa shape index (κ1) is 15.3. The molecule has 2 N–H and O–H groups in total. The van der Waals surface area contributed by atoms with Crippen molar-refractivity contribution in [1.29, 1.82) is 0 Å². The lowest BCUT2D eigenvalue weighted by molar-refractivity contribution is -0.116. The third-order valence-electron chi connectivity index (χ3n) is 3.84. The minimum absolute atomic E-state index is 0.0729. The maximum absolute atomic E-state index is 11.8. The first-order valence-electron chi connectivity index (χ1n) is 8.07. The highest BCUT2D eigenvalue weighted by molar-refractivity contribution is 5.91. The number of aryl methyl sites for hydroxylation is 2. The topological polar surface area (TPSA) is 57.8 Å². The summed E-state index contributed by atoms with van der Waals surface area (Å²) in [4.78, 5) is 19.8. The average molecular weight is 307 g/mol. The van der Waals surface area contributed by atoms with Crippen LogP contribution in [-0.2, 0) is 17.6 Å². The van der Waals surface area contributed by atoms with Gasteiger partial charge in [-0.15, -0.1) is 0 Å². The van der Waals surface area contributed by atoms with Crippen molar-refractivity contribution < 1.29 is 4.79 Å². The van der Waals surface area contributed by atoms with Gasteiger partial charge in [0.15, 0.2) is 0 Å². The molecule has 0 aliphatic carbocycles. The summed E-state index contributed by atoms with van der Waals surface area (Å²) in [6.07, 6.45) is 3.06. The number of amides is 1. The molecule has 0 radical (unpaired) electrons. The molecule has 0 unspecified atom stereocenters. The zero-order chi connectivity index (χ0) is 16.1. The highest BCUT2D eigenvalue weighted by Gasteiger charge is 2.08. The van der Waals surface area contributed by atoms with Gasteiger partial charge in [-0.1, -0.05) is 37.3 Å². The molecule has 0 spiro atoms. The summed E-state index contributed by atoms with van der Waals surface area (Å²) in [5, 5.41) is 3.00. The lowest BCUT2D eigenvalue weighted by Crippen LogP contribution is -2.12. The van der Waals surface area contributed by atoms with Crippen LogP contribution in [0.25, 0.3) is 11.0 Å². The van der Waals surface area contributed by atoms with Gasteiger partial charge in [0, 0.05) is 18.5 Å². The molecule has 0 saturated carbocycles. The Balaban J connectivity index is 1.71. The first-order chi connectivity index (χ1) is 11.3. The van der Waals surface area contributed by atoms with Gasteiger partial charge in [-0.05, 0) is 36.6 Å². The number of carbonyl (C=O) groups excluding carboxylic acids is 1. The number of para-hydroxylation sites is 3. The van der Waals surface area contributed by atoms with E-state index in [1.54, 1.807) is 0 Å². The van der Waals surface area contributed by atoms with E-state index in [9.17, 15) is 4.79 Å². The predicted octanol–water partition coefficient (Wildman–Crippen LogP) is 4.09. The second-order valence-corrected chi connectivity index (χ2v) is 5.66. The molecule has 0 fully saturated rings. The smallest absolute Gasteiger partial charge is 0.224 e. The summed E-state index contributed by atoms with van der Waals surface area (Å²) in [6.45, 7) is 2.01. The number of aromatic amines is 1. The molecule has 1 heterocycles. The molecular formula is C19H21N3O. The molecule has 23 heavy (non-hydrogen) atoms. The third-order valence-corrected chi connectivity index (χ3v) is 3.84. The SMILES string of the molecule is CCCC(=O)Nc1ccccc1CCc1nc2ccccc2[nH]1. The van der Waals surface area contributed by atoms with Crippen molar-refractivity contribution in [2.45, 2.75) is 32.6 Å². The van der Waals surface area contributed by atoms with E-state index in [0.717, 1.165) is 47.4 Å². The van der Waals surface area contributed by atoms with Gasteiger partial charge in [0.05, 0.1) is 11.0 Å². The molecule has 1 amide bonds. The van der Waals surface area contributed by atoms with Crippen molar-refractivity contribution in [3.63, 3.8) is 0 Å². The number of aromatic nitrogens is 2. The quantitative estimate of drug-likeness (QED) is 0.720. The summed E-state index contributed by atoms with van der Waals surface area (Å²) in [5.41, 5.74) is 4.10. The van der Waals surface area contributed by atoms with Gasteiger partial charge in [-0.25, -0.2) is 4.98 Å². The molecule has 0 bridgehead atoms. The number of H-pyrrole nitrogens is 1. The largest absolute Gasteiger partial charge is 0.342 e. The number of hydrogen-bond acceptors (Lipinski definition) is 2. The lowest BCUT2D eigenvalue weighted by atomic mass is 10.1. The maximum atomic E-state index is 11.8. The van der Waals surface area contributed by atoms with Gasteiger partial charge in [-0.2, -0.15) is 0 Å². The van der Waals surface area contributed by atoms with Crippen molar-refractivity contribution >= 4 is 22.6 Å². The van der Waals surface area contributed by atoms with Gasteiger partial charge in [-0.3, -0.25) is 4.79 Å². The fourth-order valence-corrected chi connectivity index (χ4v) is 2.68. The van der Waals surface area contributed by atoms with Gasteiger partial charge in [0.2, 0.25) is 5.91 Å². The predicted molar refractivity (Wildman–Crippen MR) is 93.5 cm³/mol. The van der Waals surface area contributed by atoms with Crippen LogP contribution < -0.4 is 5.32 Å². The van der Waals surface area contributed by atoms with E-state index in [-0.39, 0.29) is 5.91 Å². The average Bonchev–Trinajstić information content (AvgIpc) is 2.97. The maximum Gasteiger partial charge on any atom is 0.224 e. The molecule has 2 aromatic carbocycles. The molecule has 1 aromatic heterocycles. The fourth-order valence-electron chi connectivity index (χ4n) is 2.68. The van der Waals surface area contributed by atoms with E-state index in [4.69, 9.17) is 0 Å². The lowest BCUT2D eigenvalue weighted by Gasteiger charge is -2.10. The van der Waals surface area contributed by atoms with Gasteiger partial charge in [0.25, 0.3) is 0 Å². The number of fused-ring (bicyclic) bond motifs is 1. The van der Waals surface area contributed by atoms with E-state index in [1.165, 1.54) is 0 Å². The summed E-state index contributed by atoms with van der Waals surface area (Å²) in [6, 6.07) is 16.0. The number of carbonyl (C=O) groups is 1. The molecule has 4 heteroatoms. The molecule has 0 saturated heterocycles. The summed E-state index contributed by atoms with van der Waals surface area (Å²) < 4.78 is 0. The Labute approximate surface area is 136 Å². The number of hydrogen-bond donors (Lipinski definition) is 2. The second kappa shape index (κ2) is 7.09. The van der Waals surface area contributed by atoms with Crippen LogP contribution in [0.4, 0.5) is 5.69 Å². The molecule has 0 aliphatic heterocycles. The van der Waals surface area contributed by atoms with Gasteiger partial charge in [0.1, 0.15) is 5.82 Å². The highest BCUT2D eigenvalue weighted by atomic mass is 16.1. The molecule has 3 aromatic rings. The Hall–Kier alpha value is -2.62. The zero-order valence-electron chi connectivity index (χ0n) is 13.3. The van der Waals surface area contributed by atoms with Gasteiger partial charge < -0.3 is 10.3 Å². The first-order valence-corrected chi connectivity index (χ1v) is 8.07. The number of imidazole rings is 1. The Morgan fingerprint density at radius 3 is 2.70 bits per heavy atom. The molecule has 0 aliphatic rings. The minimum atomic E-state index is 0.0729. The summed E-state index contributed by atoms with van der Waals surface area (Å²) in [7, 11) is 0. The summed E-state index contributed by atoms with van der Waals surface area (Å²) in [5.74, 6) is 1.05. The van der Waals surface area contributed by atoms with E-state index in [0.29, 0.717) is 6.42 Å². The van der Waals surface area contributed by atoms with Crippen LogP contribution in [0.15, 0.2) is 48.5 Å². The highest BCUT2D eigenvalue weighted by Crippen LogP contribution is 2.18. The number of anilines is 1. The molecule has 3 rings (SSSR count). The normalized spacial score (nSPS) is 10.8.